The molecule has 0 bridgehead atoms. The lowest BCUT2D eigenvalue weighted by atomic mass is 10.0. The number of rotatable bonds is 12. The normalized spacial score (nSPS) is 18.3. The van der Waals surface area contributed by atoms with Crippen LogP contribution in [0.1, 0.15) is 56.5 Å². The van der Waals surface area contributed by atoms with Gasteiger partial charge in [0.05, 0.1) is 40.5 Å². The van der Waals surface area contributed by atoms with Gasteiger partial charge in [0.1, 0.15) is 24.1 Å². The number of imide groups is 2. The number of aromatic nitrogens is 2. The Hall–Kier alpha value is -6.30. The van der Waals surface area contributed by atoms with E-state index < -0.39 is 47.6 Å². The van der Waals surface area contributed by atoms with Gasteiger partial charge < -0.3 is 19.9 Å². The number of fused-ring (bicyclic) bond motifs is 2. The minimum Gasteiger partial charge on any atom is -0.497 e. The number of ether oxygens (including phenoxy) is 2. The monoisotopic (exact) mass is 811 g/mol. The second kappa shape index (κ2) is 16.2. The van der Waals surface area contributed by atoms with E-state index >= 15 is 0 Å². The molecule has 17 heteroatoms. The zero-order chi connectivity index (χ0) is 41.4. The molecule has 2 saturated heterocycles. The van der Waals surface area contributed by atoms with Crippen molar-refractivity contribution in [2.75, 3.05) is 51.8 Å². The van der Waals surface area contributed by atoms with Gasteiger partial charge >= 0.3 is 6.18 Å². The molecule has 2 atom stereocenters. The molecular weight excluding hydrogens is 771 g/mol. The average Bonchev–Trinajstić information content (AvgIpc) is 3.70. The van der Waals surface area contributed by atoms with Gasteiger partial charge in [-0.15, -0.1) is 0 Å². The van der Waals surface area contributed by atoms with Crippen LogP contribution in [0.5, 0.6) is 11.5 Å². The number of hydrogen-bond acceptors (Lipinski definition) is 11. The van der Waals surface area contributed by atoms with E-state index in [1.54, 1.807) is 29.9 Å². The number of carbonyl (C=O) groups excluding carboxylic acids is 4. The molecule has 3 N–H and O–H groups in total. The van der Waals surface area contributed by atoms with Crippen molar-refractivity contribution in [2.45, 2.75) is 37.8 Å². The van der Waals surface area contributed by atoms with Gasteiger partial charge in [-0.2, -0.15) is 13.2 Å². The zero-order valence-corrected chi connectivity index (χ0v) is 31.9. The van der Waals surface area contributed by atoms with Crippen LogP contribution in [0.25, 0.3) is 16.7 Å². The third-order valence-corrected chi connectivity index (χ3v) is 10.8. The average molecular weight is 812 g/mol. The van der Waals surface area contributed by atoms with E-state index in [0.717, 1.165) is 54.3 Å². The van der Waals surface area contributed by atoms with Gasteiger partial charge in [-0.3, -0.25) is 43.8 Å². The summed E-state index contributed by atoms with van der Waals surface area (Å²) in [6.45, 7) is 4.79. The third kappa shape index (κ3) is 8.21. The predicted molar refractivity (Wildman–Crippen MR) is 208 cm³/mol. The van der Waals surface area contributed by atoms with Gasteiger partial charge in [0.25, 0.3) is 11.8 Å². The maximum atomic E-state index is 13.4. The van der Waals surface area contributed by atoms with Crippen LogP contribution >= 0.6 is 0 Å². The number of aliphatic hydroxyl groups excluding tert-OH is 1. The molecular formula is C42H40F3N7O7. The second-order valence-corrected chi connectivity index (χ2v) is 14.6. The van der Waals surface area contributed by atoms with Crippen LogP contribution in [-0.2, 0) is 22.3 Å². The summed E-state index contributed by atoms with van der Waals surface area (Å²) in [6, 6.07) is 21.3. The topological polar surface area (TPSA) is 159 Å². The molecule has 4 aromatic carbocycles. The second-order valence-electron chi connectivity index (χ2n) is 14.6. The molecule has 2 unspecified atom stereocenters. The Morgan fingerprint density at radius 2 is 1.64 bits per heavy atom. The molecule has 4 amide bonds. The number of aliphatic hydroxyl groups is 1. The summed E-state index contributed by atoms with van der Waals surface area (Å²) in [5.41, 5.74) is 2.55. The lowest BCUT2D eigenvalue weighted by Crippen LogP contribution is -2.54. The van der Waals surface area contributed by atoms with Crippen molar-refractivity contribution in [1.82, 2.24) is 29.6 Å². The Morgan fingerprint density at radius 1 is 0.881 bits per heavy atom. The van der Waals surface area contributed by atoms with Gasteiger partial charge in [0.15, 0.2) is 6.23 Å². The summed E-state index contributed by atoms with van der Waals surface area (Å²) >= 11 is 0. The van der Waals surface area contributed by atoms with Gasteiger partial charge in [0.2, 0.25) is 17.8 Å². The predicted octanol–water partition coefficient (Wildman–Crippen LogP) is 4.75. The Bertz CT molecular complexity index is 2450. The first kappa shape index (κ1) is 39.5. The first-order valence-electron chi connectivity index (χ1n) is 19.1. The summed E-state index contributed by atoms with van der Waals surface area (Å²) in [7, 11) is 1.55. The Kier molecular flexibility index (Phi) is 10.8. The first-order valence-corrected chi connectivity index (χ1v) is 19.1. The summed E-state index contributed by atoms with van der Waals surface area (Å²) < 4.78 is 53.5. The molecule has 4 heterocycles. The highest BCUT2D eigenvalue weighted by Gasteiger charge is 2.44. The smallest absolute Gasteiger partial charge is 0.416 e. The number of carbonyl (C=O) groups is 4. The van der Waals surface area contributed by atoms with Crippen molar-refractivity contribution < 1.29 is 46.9 Å². The molecule has 8 rings (SSSR count). The summed E-state index contributed by atoms with van der Waals surface area (Å²) in [4.78, 5) is 60.4. The van der Waals surface area contributed by atoms with Crippen LogP contribution in [0.4, 0.5) is 19.1 Å². The number of halogens is 3. The van der Waals surface area contributed by atoms with Gasteiger partial charge in [-0.1, -0.05) is 24.3 Å². The maximum absolute atomic E-state index is 13.4. The number of piperazine rings is 1. The van der Waals surface area contributed by atoms with Crippen LogP contribution in [0.15, 0.2) is 84.9 Å². The molecule has 5 aromatic rings. The molecule has 2 fully saturated rings. The first-order chi connectivity index (χ1) is 28.4. The van der Waals surface area contributed by atoms with Crippen LogP contribution in [0.3, 0.4) is 0 Å². The number of piperidine rings is 1. The van der Waals surface area contributed by atoms with E-state index in [1.165, 1.54) is 24.3 Å². The molecule has 3 aliphatic rings. The number of imidazole rings is 1. The van der Waals surface area contributed by atoms with Gasteiger partial charge in [-0.25, -0.2) is 4.98 Å². The summed E-state index contributed by atoms with van der Waals surface area (Å²) in [5.74, 6) is -0.989. The molecule has 3 aliphatic heterocycles. The third-order valence-electron chi connectivity index (χ3n) is 10.8. The maximum Gasteiger partial charge on any atom is 0.416 e. The van der Waals surface area contributed by atoms with Crippen molar-refractivity contribution >= 4 is 40.6 Å². The minimum atomic E-state index is -4.56. The molecule has 306 valence electrons. The Balaban J connectivity index is 0.889. The molecule has 0 aliphatic carbocycles. The number of benzene rings is 4. The summed E-state index contributed by atoms with van der Waals surface area (Å²) in [6.07, 6.45) is -5.92. The fraction of sp³-hybridized carbons (Fsp3) is 0.310. The number of nitrogens with one attached hydrogen (secondary N) is 2. The van der Waals surface area contributed by atoms with Crippen LogP contribution in [-0.4, -0.2) is 105 Å². The van der Waals surface area contributed by atoms with E-state index in [9.17, 15) is 37.5 Å². The quantitative estimate of drug-likeness (QED) is 0.118. The number of alkyl halides is 3. The van der Waals surface area contributed by atoms with E-state index in [0.29, 0.717) is 42.4 Å². The van der Waals surface area contributed by atoms with Crippen LogP contribution < -0.4 is 20.1 Å². The number of nitrogens with zero attached hydrogens (tertiary/aromatic N) is 5. The van der Waals surface area contributed by atoms with Crippen molar-refractivity contribution in [3.8, 4) is 17.2 Å². The van der Waals surface area contributed by atoms with Crippen molar-refractivity contribution in [3.63, 3.8) is 0 Å². The lowest BCUT2D eigenvalue weighted by Gasteiger charge is -2.34. The lowest BCUT2D eigenvalue weighted by molar-refractivity contribution is -0.138. The van der Waals surface area contributed by atoms with Crippen molar-refractivity contribution in [3.05, 3.63) is 113 Å². The highest BCUT2D eigenvalue weighted by atomic mass is 19.4. The van der Waals surface area contributed by atoms with Crippen LogP contribution in [0, 0.1) is 0 Å². The molecule has 14 nitrogen and oxygen atoms in total. The molecule has 59 heavy (non-hydrogen) atoms. The van der Waals surface area contributed by atoms with Gasteiger partial charge in [0, 0.05) is 57.3 Å². The fourth-order valence-corrected chi connectivity index (χ4v) is 7.68. The van der Waals surface area contributed by atoms with Gasteiger partial charge in [-0.05, 0) is 66.6 Å². The minimum absolute atomic E-state index is 0.0352. The Morgan fingerprint density at radius 3 is 2.41 bits per heavy atom. The molecule has 1 aromatic heterocycles. The highest BCUT2D eigenvalue weighted by Crippen LogP contribution is 2.34. The van der Waals surface area contributed by atoms with Crippen LogP contribution in [0.2, 0.25) is 0 Å². The number of anilines is 1. The molecule has 0 saturated carbocycles. The largest absolute Gasteiger partial charge is 0.497 e. The zero-order valence-electron chi connectivity index (χ0n) is 31.9. The van der Waals surface area contributed by atoms with Crippen molar-refractivity contribution in [1.29, 1.82) is 0 Å². The van der Waals surface area contributed by atoms with E-state index in [-0.39, 0.29) is 35.5 Å². The SMILES string of the molecule is COc1cccc(-n2c(NC(O)c3cccc(C(F)(F)F)c3)nc3cc(CN4CCN(CCOc5ccc6c(c5)C(=O)N(C5CCC(=O)NC5=O)C6=O)CC4)ccc32)c1. The van der Waals surface area contributed by atoms with E-state index in [2.05, 4.69) is 20.4 Å². The fourth-order valence-electron chi connectivity index (χ4n) is 7.68. The Labute approximate surface area is 336 Å². The van der Waals surface area contributed by atoms with E-state index in [4.69, 9.17) is 14.5 Å². The number of hydrogen-bond donors (Lipinski definition) is 3. The number of amides is 4. The molecule has 0 spiro atoms. The highest BCUT2D eigenvalue weighted by molar-refractivity contribution is 6.23. The number of methoxy groups -OCH3 is 1. The standard InChI is InChI=1S/C42H40F3N7O7/c1-58-29-7-3-6-28(22-29)51-34-11-8-25(20-33(34)46-41(51)48-37(54)26-4-2-5-27(21-26)42(43,44)45)24-50-16-14-49(15-17-50)18-19-59-30-9-10-31-32(23-30)40(57)52(39(31)56)35-12-13-36(53)47-38(35)55/h2-11,20-23,35,37,54H,12-19,24H2,1H3,(H,46,48)(H,47,53,55). The molecule has 0 radical (unpaired) electrons. The summed E-state index contributed by atoms with van der Waals surface area (Å²) in [5, 5.41) is 16.2. The van der Waals surface area contributed by atoms with Crippen molar-refractivity contribution in [2.24, 2.45) is 0 Å². The van der Waals surface area contributed by atoms with E-state index in [1.807, 2.05) is 30.3 Å².